The Labute approximate surface area is 165 Å². The molecule has 0 spiro atoms. The molecule has 0 fully saturated rings. The fraction of sp³-hybridized carbons (Fsp3) is 0.211. The number of nitrogens with zero attached hydrogens (tertiary/aromatic N) is 4. The summed E-state index contributed by atoms with van der Waals surface area (Å²) in [7, 11) is 0. The summed E-state index contributed by atoms with van der Waals surface area (Å²) in [4.78, 5) is 24.7. The highest BCUT2D eigenvalue weighted by molar-refractivity contribution is 5.97. The minimum Gasteiger partial charge on any atom is -0.486 e. The Kier molecular flexibility index (Phi) is 5.06. The average molecular weight is 395 g/mol. The van der Waals surface area contributed by atoms with E-state index >= 15 is 0 Å². The molecule has 0 bridgehead atoms. The normalized spacial score (nSPS) is 13.4. The van der Waals surface area contributed by atoms with Gasteiger partial charge in [0.15, 0.2) is 17.6 Å². The molecule has 0 saturated carbocycles. The summed E-state index contributed by atoms with van der Waals surface area (Å²) in [6, 6.07) is 11.6. The molecule has 3 aromatic rings. The summed E-state index contributed by atoms with van der Waals surface area (Å²) in [5.74, 6) is 0.110. The summed E-state index contributed by atoms with van der Waals surface area (Å²) in [5.41, 5.74) is 1.52. The van der Waals surface area contributed by atoms with Gasteiger partial charge in [-0.25, -0.2) is 9.48 Å². The summed E-state index contributed by atoms with van der Waals surface area (Å²) in [5, 5.41) is 13.6. The number of aromatic nitrogens is 4. The van der Waals surface area contributed by atoms with Crippen LogP contribution in [-0.4, -0.2) is 51.4 Å². The van der Waals surface area contributed by atoms with Crippen LogP contribution >= 0.6 is 0 Å². The van der Waals surface area contributed by atoms with Crippen molar-refractivity contribution in [1.82, 2.24) is 20.2 Å². The first-order valence-electron chi connectivity index (χ1n) is 8.85. The summed E-state index contributed by atoms with van der Waals surface area (Å²) < 4.78 is 17.7. The van der Waals surface area contributed by atoms with Gasteiger partial charge >= 0.3 is 5.97 Å². The molecule has 2 heterocycles. The van der Waals surface area contributed by atoms with Crippen molar-refractivity contribution in [3.05, 3.63) is 54.4 Å². The number of ether oxygens (including phenoxy) is 3. The number of nitrogens with one attached hydrogen (secondary N) is 1. The fourth-order valence-electron chi connectivity index (χ4n) is 2.68. The maximum Gasteiger partial charge on any atom is 0.338 e. The van der Waals surface area contributed by atoms with Crippen molar-refractivity contribution in [1.29, 1.82) is 0 Å². The van der Waals surface area contributed by atoms with E-state index in [0.29, 0.717) is 41.7 Å². The van der Waals surface area contributed by atoms with E-state index in [2.05, 4.69) is 20.8 Å². The van der Waals surface area contributed by atoms with Gasteiger partial charge in [0.05, 0.1) is 11.3 Å². The monoisotopic (exact) mass is 395 g/mol. The van der Waals surface area contributed by atoms with Crippen LogP contribution in [0.25, 0.3) is 5.69 Å². The molecular weight excluding hydrogens is 378 g/mol. The third kappa shape index (κ3) is 4.15. The number of fused-ring (bicyclic) bond motifs is 1. The van der Waals surface area contributed by atoms with Crippen molar-refractivity contribution < 1.29 is 23.8 Å². The lowest BCUT2D eigenvalue weighted by Gasteiger charge is -2.19. The molecule has 1 atom stereocenters. The van der Waals surface area contributed by atoms with Crippen LogP contribution in [0.5, 0.6) is 11.5 Å². The number of esters is 1. The minimum atomic E-state index is -0.991. The molecule has 0 saturated heterocycles. The number of anilines is 1. The molecule has 10 heteroatoms. The predicted molar refractivity (Wildman–Crippen MR) is 100 cm³/mol. The Bertz CT molecular complexity index is 1020. The largest absolute Gasteiger partial charge is 0.486 e. The van der Waals surface area contributed by atoms with Gasteiger partial charge in [-0.15, -0.1) is 5.10 Å². The molecule has 10 nitrogen and oxygen atoms in total. The second-order valence-corrected chi connectivity index (χ2v) is 6.20. The van der Waals surface area contributed by atoms with Gasteiger partial charge in [-0.05, 0) is 53.7 Å². The fourth-order valence-corrected chi connectivity index (χ4v) is 2.68. The molecule has 1 amide bonds. The van der Waals surface area contributed by atoms with E-state index in [1.54, 1.807) is 42.5 Å². The second-order valence-electron chi connectivity index (χ2n) is 6.20. The first-order chi connectivity index (χ1) is 14.1. The molecule has 0 aliphatic carbocycles. The lowest BCUT2D eigenvalue weighted by molar-refractivity contribution is -0.123. The van der Waals surface area contributed by atoms with Crippen LogP contribution in [0.15, 0.2) is 48.8 Å². The molecule has 0 radical (unpaired) electrons. The molecule has 0 unspecified atom stereocenters. The third-order valence-corrected chi connectivity index (χ3v) is 4.18. The SMILES string of the molecule is C[C@@H](OC(=O)c1ccc(-n2cnnn2)cc1)C(=O)Nc1ccc2c(c1)OCCO2. The zero-order chi connectivity index (χ0) is 20.2. The number of hydrogen-bond donors (Lipinski definition) is 1. The Morgan fingerprint density at radius 2 is 1.86 bits per heavy atom. The van der Waals surface area contributed by atoms with Crippen molar-refractivity contribution >= 4 is 17.6 Å². The Morgan fingerprint density at radius 1 is 1.10 bits per heavy atom. The van der Waals surface area contributed by atoms with Gasteiger partial charge in [-0.3, -0.25) is 4.79 Å². The number of benzene rings is 2. The van der Waals surface area contributed by atoms with Gasteiger partial charge in [0.25, 0.3) is 5.91 Å². The quantitative estimate of drug-likeness (QED) is 0.648. The number of hydrogen-bond acceptors (Lipinski definition) is 8. The van der Waals surface area contributed by atoms with E-state index in [1.807, 2.05) is 0 Å². The van der Waals surface area contributed by atoms with Gasteiger partial charge < -0.3 is 19.5 Å². The molecule has 2 aromatic carbocycles. The zero-order valence-electron chi connectivity index (χ0n) is 15.4. The predicted octanol–water partition coefficient (Wildman–Crippen LogP) is 1.62. The van der Waals surface area contributed by atoms with Crippen LogP contribution in [0.1, 0.15) is 17.3 Å². The zero-order valence-corrected chi connectivity index (χ0v) is 15.4. The molecule has 1 aliphatic heterocycles. The van der Waals surface area contributed by atoms with Crippen LogP contribution in [0.2, 0.25) is 0 Å². The van der Waals surface area contributed by atoms with Gasteiger partial charge in [-0.1, -0.05) is 0 Å². The average Bonchev–Trinajstić information content (AvgIpc) is 3.28. The Hall–Kier alpha value is -3.95. The number of rotatable bonds is 5. The summed E-state index contributed by atoms with van der Waals surface area (Å²) >= 11 is 0. The molecule has 1 aromatic heterocycles. The first-order valence-corrected chi connectivity index (χ1v) is 8.85. The van der Waals surface area contributed by atoms with Crippen molar-refractivity contribution in [2.24, 2.45) is 0 Å². The second kappa shape index (κ2) is 7.97. The molecule has 1 N–H and O–H groups in total. The standard InChI is InChI=1S/C19H17N5O5/c1-12(18(25)21-14-4-7-16-17(10-14)28-9-8-27-16)29-19(26)13-2-5-15(6-3-13)24-11-20-22-23-24/h2-7,10-12H,8-9H2,1H3,(H,21,25)/t12-/m1/s1. The lowest BCUT2D eigenvalue weighted by atomic mass is 10.2. The molecule has 4 rings (SSSR count). The maximum atomic E-state index is 12.4. The van der Waals surface area contributed by atoms with Crippen molar-refractivity contribution in [3.8, 4) is 17.2 Å². The highest BCUT2D eigenvalue weighted by atomic mass is 16.6. The van der Waals surface area contributed by atoms with Crippen LogP contribution in [0.3, 0.4) is 0 Å². The van der Waals surface area contributed by atoms with Gasteiger partial charge in [0, 0.05) is 11.8 Å². The summed E-state index contributed by atoms with van der Waals surface area (Å²) in [6.45, 7) is 2.44. The van der Waals surface area contributed by atoms with Crippen LogP contribution in [0.4, 0.5) is 5.69 Å². The molecule has 1 aliphatic rings. The van der Waals surface area contributed by atoms with Crippen LogP contribution in [-0.2, 0) is 9.53 Å². The van der Waals surface area contributed by atoms with Crippen LogP contribution < -0.4 is 14.8 Å². The van der Waals surface area contributed by atoms with E-state index in [4.69, 9.17) is 14.2 Å². The van der Waals surface area contributed by atoms with E-state index in [1.165, 1.54) is 17.9 Å². The molecular formula is C19H17N5O5. The van der Waals surface area contributed by atoms with E-state index in [-0.39, 0.29) is 0 Å². The van der Waals surface area contributed by atoms with E-state index < -0.39 is 18.0 Å². The van der Waals surface area contributed by atoms with Crippen molar-refractivity contribution in [2.45, 2.75) is 13.0 Å². The smallest absolute Gasteiger partial charge is 0.338 e. The summed E-state index contributed by atoms with van der Waals surface area (Å²) in [6.07, 6.45) is 0.451. The highest BCUT2D eigenvalue weighted by Crippen LogP contribution is 2.32. The topological polar surface area (TPSA) is 117 Å². The van der Waals surface area contributed by atoms with E-state index in [0.717, 1.165) is 0 Å². The maximum absolute atomic E-state index is 12.4. The number of tetrazole rings is 1. The number of amides is 1. The Morgan fingerprint density at radius 3 is 2.59 bits per heavy atom. The van der Waals surface area contributed by atoms with Gasteiger partial charge in [0.1, 0.15) is 19.5 Å². The molecule has 148 valence electrons. The van der Waals surface area contributed by atoms with Crippen molar-refractivity contribution in [2.75, 3.05) is 18.5 Å². The number of carbonyl (C=O) groups is 2. The molecule has 29 heavy (non-hydrogen) atoms. The minimum absolute atomic E-state index is 0.306. The van der Waals surface area contributed by atoms with Crippen molar-refractivity contribution in [3.63, 3.8) is 0 Å². The van der Waals surface area contributed by atoms with E-state index in [9.17, 15) is 9.59 Å². The van der Waals surface area contributed by atoms with Gasteiger partial charge in [-0.2, -0.15) is 0 Å². The third-order valence-electron chi connectivity index (χ3n) is 4.18. The number of carbonyl (C=O) groups excluding carboxylic acids is 2. The highest BCUT2D eigenvalue weighted by Gasteiger charge is 2.20. The van der Waals surface area contributed by atoms with Gasteiger partial charge in [0.2, 0.25) is 0 Å². The Balaban J connectivity index is 1.36. The lowest BCUT2D eigenvalue weighted by Crippen LogP contribution is -2.30. The first kappa shape index (κ1) is 18.4. The van der Waals surface area contributed by atoms with Crippen LogP contribution in [0, 0.1) is 0 Å².